The smallest absolute Gasteiger partial charge is 0.264 e. The fourth-order valence-corrected chi connectivity index (χ4v) is 3.85. The zero-order valence-corrected chi connectivity index (χ0v) is 17.6. The zero-order chi connectivity index (χ0) is 19.4. The number of amides is 1. The van der Waals surface area contributed by atoms with Crippen LogP contribution in [-0.2, 0) is 4.79 Å². The normalized spacial score (nSPS) is 16.6. The van der Waals surface area contributed by atoms with Crippen LogP contribution in [0.3, 0.4) is 0 Å². The Hall–Kier alpha value is -2.02. The van der Waals surface area contributed by atoms with Crippen molar-refractivity contribution in [3.8, 4) is 5.75 Å². The number of hydrogen-bond acceptors (Lipinski definition) is 4. The Morgan fingerprint density at radius 3 is 2.93 bits per heavy atom. The second-order valence-corrected chi connectivity index (χ2v) is 7.95. The van der Waals surface area contributed by atoms with E-state index in [4.69, 9.17) is 16.3 Å². The van der Waals surface area contributed by atoms with Crippen LogP contribution in [0, 0.1) is 6.92 Å². The van der Waals surface area contributed by atoms with Crippen LogP contribution in [0.5, 0.6) is 5.75 Å². The molecule has 4 nitrogen and oxygen atoms in total. The summed E-state index contributed by atoms with van der Waals surface area (Å²) in [5, 5.41) is 3.96. The molecule has 1 fully saturated rings. The number of carbonyl (C=O) groups is 1. The van der Waals surface area contributed by atoms with Crippen molar-refractivity contribution in [3.05, 3.63) is 74.6 Å². The fraction of sp³-hybridized carbons (Fsp3) is 0.100. The van der Waals surface area contributed by atoms with E-state index in [9.17, 15) is 4.79 Å². The first kappa shape index (κ1) is 19.7. The number of carbonyl (C=O) groups excluding carboxylic acids is 1. The molecule has 1 saturated heterocycles. The molecule has 3 rings (SSSR count). The maximum Gasteiger partial charge on any atom is 0.264 e. The van der Waals surface area contributed by atoms with Gasteiger partial charge in [-0.2, -0.15) is 0 Å². The van der Waals surface area contributed by atoms with Crippen LogP contribution >= 0.6 is 39.3 Å². The molecule has 1 heterocycles. The number of hydrogen-bond donors (Lipinski definition) is 1. The number of benzene rings is 2. The molecule has 138 valence electrons. The second-order valence-electron chi connectivity index (χ2n) is 5.66. The lowest BCUT2D eigenvalue weighted by atomic mass is 10.2. The van der Waals surface area contributed by atoms with Gasteiger partial charge in [0.25, 0.3) is 5.91 Å². The number of rotatable bonds is 5. The summed E-state index contributed by atoms with van der Waals surface area (Å²) in [5.41, 5.74) is 2.49. The van der Waals surface area contributed by atoms with Crippen molar-refractivity contribution >= 4 is 62.1 Å². The van der Waals surface area contributed by atoms with Crippen LogP contribution in [-0.4, -0.2) is 17.7 Å². The summed E-state index contributed by atoms with van der Waals surface area (Å²) in [7, 11) is 0. The van der Waals surface area contributed by atoms with Crippen LogP contribution in [0.4, 0.5) is 5.69 Å². The molecule has 7 heteroatoms. The Balaban J connectivity index is 1.81. The van der Waals surface area contributed by atoms with Crippen molar-refractivity contribution in [2.24, 2.45) is 4.99 Å². The van der Waals surface area contributed by atoms with E-state index >= 15 is 0 Å². The second kappa shape index (κ2) is 8.78. The molecule has 1 aliphatic rings. The summed E-state index contributed by atoms with van der Waals surface area (Å²) in [6.07, 6.45) is 3.50. The number of halogens is 2. The van der Waals surface area contributed by atoms with Crippen LogP contribution in [0.1, 0.15) is 11.1 Å². The Bertz CT molecular complexity index is 972. The Morgan fingerprint density at radius 2 is 2.19 bits per heavy atom. The van der Waals surface area contributed by atoms with Crippen molar-refractivity contribution in [1.29, 1.82) is 0 Å². The molecular formula is C20H16BrClN2O2S. The summed E-state index contributed by atoms with van der Waals surface area (Å²) in [6, 6.07) is 11.1. The number of nitrogens with one attached hydrogen (secondary N) is 1. The molecule has 0 atom stereocenters. The minimum Gasteiger partial charge on any atom is -0.488 e. The van der Waals surface area contributed by atoms with Crippen molar-refractivity contribution < 1.29 is 9.53 Å². The first-order valence-electron chi connectivity index (χ1n) is 8.06. The van der Waals surface area contributed by atoms with Crippen LogP contribution in [0.15, 0.2) is 63.4 Å². The summed E-state index contributed by atoms with van der Waals surface area (Å²) >= 11 is 10.9. The van der Waals surface area contributed by atoms with Crippen molar-refractivity contribution in [1.82, 2.24) is 5.32 Å². The third-order valence-corrected chi connectivity index (χ3v) is 5.66. The molecule has 0 bridgehead atoms. The fourth-order valence-electron chi connectivity index (χ4n) is 2.33. The molecule has 2 aromatic carbocycles. The third kappa shape index (κ3) is 4.83. The first-order valence-corrected chi connectivity index (χ1v) is 10.0. The van der Waals surface area contributed by atoms with E-state index in [-0.39, 0.29) is 5.91 Å². The molecule has 27 heavy (non-hydrogen) atoms. The van der Waals surface area contributed by atoms with E-state index in [0.29, 0.717) is 21.7 Å². The molecule has 1 aliphatic heterocycles. The van der Waals surface area contributed by atoms with Gasteiger partial charge in [0.1, 0.15) is 12.4 Å². The van der Waals surface area contributed by atoms with E-state index in [1.807, 2.05) is 49.4 Å². The molecular weight excluding hydrogens is 448 g/mol. The predicted octanol–water partition coefficient (Wildman–Crippen LogP) is 5.87. The van der Waals surface area contributed by atoms with E-state index in [1.165, 1.54) is 11.8 Å². The summed E-state index contributed by atoms with van der Waals surface area (Å²) in [5.74, 6) is 0.542. The molecule has 0 spiro atoms. The van der Waals surface area contributed by atoms with Gasteiger partial charge in [-0.05, 0) is 76.1 Å². The maximum atomic E-state index is 12.3. The third-order valence-electron chi connectivity index (χ3n) is 3.72. The van der Waals surface area contributed by atoms with Gasteiger partial charge in [-0.25, -0.2) is 4.99 Å². The van der Waals surface area contributed by atoms with Gasteiger partial charge in [-0.15, -0.1) is 0 Å². The average Bonchev–Trinajstić information content (AvgIpc) is 2.97. The Morgan fingerprint density at radius 1 is 1.37 bits per heavy atom. The number of amidine groups is 1. The van der Waals surface area contributed by atoms with Gasteiger partial charge >= 0.3 is 0 Å². The molecule has 0 aliphatic carbocycles. The SMILES string of the molecule is C=CCOc1ccc(/C=C2\SC(=Nc3cccc(Cl)c3C)NC2=O)cc1Br. The monoisotopic (exact) mass is 462 g/mol. The van der Waals surface area contributed by atoms with Crippen molar-refractivity contribution in [3.63, 3.8) is 0 Å². The highest BCUT2D eigenvalue weighted by Gasteiger charge is 2.24. The van der Waals surface area contributed by atoms with E-state index in [2.05, 4.69) is 32.8 Å². The molecule has 1 N–H and O–H groups in total. The quantitative estimate of drug-likeness (QED) is 0.446. The highest BCUT2D eigenvalue weighted by molar-refractivity contribution is 9.10. The zero-order valence-electron chi connectivity index (χ0n) is 14.5. The van der Waals surface area contributed by atoms with Gasteiger partial charge < -0.3 is 10.1 Å². The van der Waals surface area contributed by atoms with E-state index < -0.39 is 0 Å². The Kier molecular flexibility index (Phi) is 6.42. The Labute approximate surface area is 175 Å². The van der Waals surface area contributed by atoms with Gasteiger partial charge in [0.15, 0.2) is 5.17 Å². The van der Waals surface area contributed by atoms with E-state index in [0.717, 1.165) is 27.0 Å². The first-order chi connectivity index (χ1) is 13.0. The van der Waals surface area contributed by atoms with Crippen LogP contribution < -0.4 is 10.1 Å². The average molecular weight is 464 g/mol. The van der Waals surface area contributed by atoms with Crippen LogP contribution in [0.25, 0.3) is 6.08 Å². The molecule has 0 radical (unpaired) electrons. The predicted molar refractivity (Wildman–Crippen MR) is 117 cm³/mol. The number of thioether (sulfide) groups is 1. The molecule has 2 aromatic rings. The molecule has 0 unspecified atom stereocenters. The molecule has 0 saturated carbocycles. The summed E-state index contributed by atoms with van der Waals surface area (Å²) < 4.78 is 6.35. The topological polar surface area (TPSA) is 50.7 Å². The van der Waals surface area contributed by atoms with Gasteiger partial charge in [0.05, 0.1) is 15.1 Å². The number of aliphatic imine (C=N–C) groups is 1. The molecule has 0 aromatic heterocycles. The highest BCUT2D eigenvalue weighted by atomic mass is 79.9. The summed E-state index contributed by atoms with van der Waals surface area (Å²) in [6.45, 7) is 5.96. The lowest BCUT2D eigenvalue weighted by molar-refractivity contribution is -0.115. The largest absolute Gasteiger partial charge is 0.488 e. The van der Waals surface area contributed by atoms with Gasteiger partial charge in [-0.1, -0.05) is 36.4 Å². The number of nitrogens with zero attached hydrogens (tertiary/aromatic N) is 1. The van der Waals surface area contributed by atoms with Gasteiger partial charge in [0, 0.05) is 5.02 Å². The highest BCUT2D eigenvalue weighted by Crippen LogP contribution is 2.32. The summed E-state index contributed by atoms with van der Waals surface area (Å²) in [4.78, 5) is 17.3. The molecule has 1 amide bonds. The van der Waals surface area contributed by atoms with Crippen LogP contribution in [0.2, 0.25) is 5.02 Å². The van der Waals surface area contributed by atoms with Crippen molar-refractivity contribution in [2.45, 2.75) is 6.92 Å². The standard InChI is InChI=1S/C20H16BrClN2O2S/c1-3-9-26-17-8-7-13(10-14(17)21)11-18-19(25)24-20(27-18)23-16-6-4-5-15(22)12(16)2/h3-8,10-11H,1,9H2,2H3,(H,23,24,25)/b18-11-. The van der Waals surface area contributed by atoms with Crippen molar-refractivity contribution in [2.75, 3.05) is 6.61 Å². The maximum absolute atomic E-state index is 12.3. The lowest BCUT2D eigenvalue weighted by Crippen LogP contribution is -2.19. The van der Waals surface area contributed by atoms with Gasteiger partial charge in [-0.3, -0.25) is 4.79 Å². The van der Waals surface area contributed by atoms with E-state index in [1.54, 1.807) is 6.08 Å². The minimum absolute atomic E-state index is 0.179. The lowest BCUT2D eigenvalue weighted by Gasteiger charge is -2.06. The number of ether oxygens (including phenoxy) is 1. The van der Waals surface area contributed by atoms with Gasteiger partial charge in [0.2, 0.25) is 0 Å². The minimum atomic E-state index is -0.179.